The molecule has 1 amide bonds. The van der Waals surface area contributed by atoms with E-state index in [9.17, 15) is 19.5 Å². The predicted molar refractivity (Wildman–Crippen MR) is 198 cm³/mol. The Hall–Kier alpha value is -3.20. The quantitative estimate of drug-likeness (QED) is 0.0645. The molecule has 8 nitrogen and oxygen atoms in total. The summed E-state index contributed by atoms with van der Waals surface area (Å²) in [5, 5.41) is 10.6. The van der Waals surface area contributed by atoms with Crippen LogP contribution in [0.1, 0.15) is 139 Å². The molecule has 1 aromatic heterocycles. The van der Waals surface area contributed by atoms with Crippen LogP contribution < -0.4 is 10.5 Å². The number of hydrogen-bond acceptors (Lipinski definition) is 6. The molecule has 0 bridgehead atoms. The van der Waals surface area contributed by atoms with E-state index >= 15 is 0 Å². The van der Waals surface area contributed by atoms with E-state index in [1.54, 1.807) is 6.07 Å². The van der Waals surface area contributed by atoms with Gasteiger partial charge in [0.25, 0.3) is 5.91 Å². The van der Waals surface area contributed by atoms with Crippen molar-refractivity contribution in [1.29, 1.82) is 0 Å². The third-order valence-electron chi connectivity index (χ3n) is 10.3. The van der Waals surface area contributed by atoms with Crippen LogP contribution >= 0.6 is 12.2 Å². The summed E-state index contributed by atoms with van der Waals surface area (Å²) in [4.78, 5) is 43.9. The number of carbonyl (C=O) groups excluding carboxylic acids is 1. The van der Waals surface area contributed by atoms with Crippen molar-refractivity contribution in [1.82, 2.24) is 9.80 Å². The molecule has 9 heteroatoms. The zero-order chi connectivity index (χ0) is 33.9. The number of hydrogen-bond donors (Lipinski definition) is 1. The lowest BCUT2D eigenvalue weighted by Gasteiger charge is -2.37. The van der Waals surface area contributed by atoms with Gasteiger partial charge in [-0.1, -0.05) is 103 Å². The lowest BCUT2D eigenvalue weighted by atomic mass is 9.90. The van der Waals surface area contributed by atoms with E-state index in [0.717, 1.165) is 69.0 Å². The molecule has 48 heavy (non-hydrogen) atoms. The summed E-state index contributed by atoms with van der Waals surface area (Å²) in [6, 6.07) is 3.89. The Labute approximate surface area is 291 Å². The monoisotopic (exact) mass is 677 g/mol. The highest BCUT2D eigenvalue weighted by Gasteiger charge is 2.39. The number of nitrogens with zero attached hydrogens (tertiary/aromatic N) is 3. The number of carbonyl (C=O) groups is 2. The molecule has 1 aromatic carbocycles. The summed E-state index contributed by atoms with van der Waals surface area (Å²) in [6.07, 6.45) is 25.7. The Bertz CT molecular complexity index is 1530. The number of aryl methyl sites for hydroxylation is 2. The number of benzene rings is 1. The third kappa shape index (κ3) is 9.07. The SMILES string of the molecule is CCCCCCCCCCCCCCCCCCN1C(=O)C(=Cc2cc3cc4c5c(c3oc2=O)CCCN5CCC4)N(CC(=O)O)C1=S. The second-order valence-corrected chi connectivity index (χ2v) is 14.4. The highest BCUT2D eigenvalue weighted by molar-refractivity contribution is 7.80. The fraction of sp³-hybridized carbons (Fsp3) is 0.641. The molecule has 0 saturated carbocycles. The summed E-state index contributed by atoms with van der Waals surface area (Å²) in [5.74, 6) is -1.46. The van der Waals surface area contributed by atoms with Gasteiger partial charge in [-0.25, -0.2) is 4.79 Å². The molecular weight excluding hydrogens is 623 g/mol. The van der Waals surface area contributed by atoms with Gasteiger partial charge in [0.05, 0.1) is 5.56 Å². The summed E-state index contributed by atoms with van der Waals surface area (Å²) in [7, 11) is 0. The van der Waals surface area contributed by atoms with Gasteiger partial charge in [-0.2, -0.15) is 0 Å². The zero-order valence-corrected chi connectivity index (χ0v) is 29.8. The van der Waals surface area contributed by atoms with E-state index in [-0.39, 0.29) is 22.3 Å². The van der Waals surface area contributed by atoms with Gasteiger partial charge in [0.15, 0.2) is 5.11 Å². The Morgan fingerprint density at radius 2 is 1.42 bits per heavy atom. The number of carboxylic acid groups (broad SMARTS) is 1. The first-order chi connectivity index (χ1) is 23.4. The Balaban J connectivity index is 1.13. The number of thiocarbonyl (C=S) groups is 1. The molecule has 1 fully saturated rings. The van der Waals surface area contributed by atoms with Gasteiger partial charge in [-0.15, -0.1) is 0 Å². The highest BCUT2D eigenvalue weighted by atomic mass is 32.1. The van der Waals surface area contributed by atoms with E-state index < -0.39 is 18.1 Å². The molecule has 2 aromatic rings. The van der Waals surface area contributed by atoms with E-state index in [0.29, 0.717) is 12.1 Å². The maximum atomic E-state index is 13.6. The number of anilines is 1. The number of amides is 1. The second kappa shape index (κ2) is 18.0. The smallest absolute Gasteiger partial charge is 0.343 e. The van der Waals surface area contributed by atoms with Crippen LogP contribution in [-0.4, -0.2) is 58.1 Å². The maximum absolute atomic E-state index is 13.6. The molecule has 0 atom stereocenters. The van der Waals surface area contributed by atoms with Crippen LogP contribution in [0.3, 0.4) is 0 Å². The molecule has 0 aliphatic carbocycles. The number of carboxylic acids is 1. The van der Waals surface area contributed by atoms with E-state index in [2.05, 4.69) is 17.9 Å². The topological polar surface area (TPSA) is 94.3 Å². The van der Waals surface area contributed by atoms with Crippen LogP contribution in [0.5, 0.6) is 0 Å². The highest BCUT2D eigenvalue weighted by Crippen LogP contribution is 2.40. The van der Waals surface area contributed by atoms with Crippen molar-refractivity contribution in [2.45, 2.75) is 135 Å². The number of fused-ring (bicyclic) bond motifs is 2. The van der Waals surface area contributed by atoms with Crippen molar-refractivity contribution in [3.63, 3.8) is 0 Å². The standard InChI is InChI=1S/C39H55N3O5S/c1-2-3-4-5-6-7-8-9-10-11-12-13-14-15-16-17-24-41-37(45)33(42(39(41)48)28-34(43)44)27-31-26-30-25-29-20-18-22-40-23-19-21-32(35(29)40)36(30)47-38(31)46/h25-27H,2-24,28H2,1H3,(H,43,44). The Morgan fingerprint density at radius 1 is 0.833 bits per heavy atom. The minimum Gasteiger partial charge on any atom is -0.480 e. The average molecular weight is 678 g/mol. The van der Waals surface area contributed by atoms with Gasteiger partial charge in [0.1, 0.15) is 17.8 Å². The maximum Gasteiger partial charge on any atom is 0.343 e. The first kappa shape index (κ1) is 36.1. The van der Waals surface area contributed by atoms with Gasteiger partial charge in [0, 0.05) is 36.3 Å². The largest absolute Gasteiger partial charge is 0.480 e. The van der Waals surface area contributed by atoms with Crippen LogP contribution in [0.25, 0.3) is 17.0 Å². The van der Waals surface area contributed by atoms with E-state index in [1.165, 1.54) is 111 Å². The minimum absolute atomic E-state index is 0.107. The zero-order valence-electron chi connectivity index (χ0n) is 29.0. The number of rotatable bonds is 20. The molecule has 0 unspecified atom stereocenters. The lowest BCUT2D eigenvalue weighted by molar-refractivity contribution is -0.137. The first-order valence-electron chi connectivity index (χ1n) is 18.8. The van der Waals surface area contributed by atoms with Crippen molar-refractivity contribution < 1.29 is 19.1 Å². The number of aliphatic carboxylic acids is 1. The second-order valence-electron chi connectivity index (χ2n) is 14.0. The number of unbranched alkanes of at least 4 members (excludes halogenated alkanes) is 15. The molecule has 262 valence electrons. The van der Waals surface area contributed by atoms with Crippen molar-refractivity contribution >= 4 is 51.9 Å². The summed E-state index contributed by atoms with van der Waals surface area (Å²) in [5.41, 5.74) is 4.01. The van der Waals surface area contributed by atoms with Crippen LogP contribution in [0.2, 0.25) is 0 Å². The van der Waals surface area contributed by atoms with Crippen LogP contribution in [0.4, 0.5) is 5.69 Å². The molecule has 5 rings (SSSR count). The summed E-state index contributed by atoms with van der Waals surface area (Å²) < 4.78 is 5.92. The van der Waals surface area contributed by atoms with E-state index in [1.807, 2.05) is 0 Å². The van der Waals surface area contributed by atoms with Crippen LogP contribution in [-0.2, 0) is 22.4 Å². The Morgan fingerprint density at radius 3 is 2.02 bits per heavy atom. The minimum atomic E-state index is -1.10. The predicted octanol–water partition coefficient (Wildman–Crippen LogP) is 8.61. The van der Waals surface area contributed by atoms with Gasteiger partial charge in [-0.3, -0.25) is 14.5 Å². The van der Waals surface area contributed by atoms with Gasteiger partial charge >= 0.3 is 11.6 Å². The van der Waals surface area contributed by atoms with Crippen LogP contribution in [0.15, 0.2) is 27.0 Å². The molecule has 3 aliphatic heterocycles. The molecule has 3 aliphatic rings. The molecule has 0 radical (unpaired) electrons. The molecule has 0 spiro atoms. The average Bonchev–Trinajstić information content (AvgIpc) is 3.28. The van der Waals surface area contributed by atoms with Gasteiger partial charge in [0.2, 0.25) is 0 Å². The molecule has 1 saturated heterocycles. The van der Waals surface area contributed by atoms with Crippen LogP contribution in [0, 0.1) is 0 Å². The van der Waals surface area contributed by atoms with Gasteiger partial charge in [-0.05, 0) is 68.1 Å². The molecule has 4 heterocycles. The van der Waals surface area contributed by atoms with Crippen molar-refractivity contribution in [3.05, 3.63) is 44.9 Å². The van der Waals surface area contributed by atoms with E-state index in [4.69, 9.17) is 16.6 Å². The normalized spacial score (nSPS) is 16.9. The third-order valence-corrected chi connectivity index (χ3v) is 10.7. The Kier molecular flexibility index (Phi) is 13.5. The van der Waals surface area contributed by atoms with Crippen molar-refractivity contribution in [2.24, 2.45) is 0 Å². The fourth-order valence-electron chi connectivity index (χ4n) is 7.74. The fourth-order valence-corrected chi connectivity index (χ4v) is 8.08. The van der Waals surface area contributed by atoms with Crippen molar-refractivity contribution in [3.8, 4) is 0 Å². The molecule has 1 N–H and O–H groups in total. The van der Waals surface area contributed by atoms with Crippen molar-refractivity contribution in [2.75, 3.05) is 31.1 Å². The first-order valence-corrected chi connectivity index (χ1v) is 19.2. The molecular formula is C39H55N3O5S. The van der Waals surface area contributed by atoms with Gasteiger partial charge < -0.3 is 19.3 Å². The summed E-state index contributed by atoms with van der Waals surface area (Å²) in [6.45, 7) is 4.30. The summed E-state index contributed by atoms with van der Waals surface area (Å²) >= 11 is 5.61. The lowest BCUT2D eigenvalue weighted by Crippen LogP contribution is -2.35.